The van der Waals surface area contributed by atoms with Crippen molar-refractivity contribution < 1.29 is 24.0 Å². The van der Waals surface area contributed by atoms with Crippen molar-refractivity contribution in [2.24, 2.45) is 4.99 Å². The van der Waals surface area contributed by atoms with Gasteiger partial charge in [-0.1, -0.05) is 64.2 Å². The SMILES string of the molecule is C=CSC(CN1CC[C@@](C)(OC(=O)C2=C(C)NC(C)=C(C(=O)OC)C2)C1)=NC.CC.CC.O=[N+]([O-])c1ccccc1. The fourth-order valence-electron chi connectivity index (χ4n) is 3.98. The van der Waals surface area contributed by atoms with Crippen LogP contribution >= 0.6 is 11.8 Å². The molecule has 0 saturated carbocycles. The number of dihydropyridines is 1. The Morgan fingerprint density at radius 2 is 1.71 bits per heavy atom. The molecule has 2 aliphatic heterocycles. The van der Waals surface area contributed by atoms with Crippen molar-refractivity contribution in [3.8, 4) is 0 Å². The summed E-state index contributed by atoms with van der Waals surface area (Å²) in [5.41, 5.74) is 1.87. The number of nitro groups is 1. The average Bonchev–Trinajstić information content (AvgIpc) is 3.34. The second kappa shape index (κ2) is 19.6. The lowest BCUT2D eigenvalue weighted by molar-refractivity contribution is -0.384. The lowest BCUT2D eigenvalue weighted by Crippen LogP contribution is -2.38. The number of carbonyl (C=O) groups excluding carboxylic acids is 2. The molecule has 0 aromatic heterocycles. The highest BCUT2D eigenvalue weighted by molar-refractivity contribution is 8.16. The Labute approximate surface area is 249 Å². The third-order valence-corrected chi connectivity index (χ3v) is 6.71. The van der Waals surface area contributed by atoms with Gasteiger partial charge >= 0.3 is 11.9 Å². The molecule has 2 aliphatic rings. The van der Waals surface area contributed by atoms with E-state index in [1.165, 1.54) is 31.0 Å². The first-order valence-corrected chi connectivity index (χ1v) is 14.5. The predicted octanol–water partition coefficient (Wildman–Crippen LogP) is 6.26. The van der Waals surface area contributed by atoms with E-state index in [0.29, 0.717) is 35.6 Å². The Hall–Kier alpha value is -3.44. The predicted molar refractivity (Wildman–Crippen MR) is 168 cm³/mol. The topological polar surface area (TPSA) is 123 Å². The number of aliphatic imine (C=N–C) groups is 1. The molecule has 11 heteroatoms. The molecule has 41 heavy (non-hydrogen) atoms. The Morgan fingerprint density at radius 1 is 1.15 bits per heavy atom. The molecule has 1 aromatic rings. The minimum atomic E-state index is -0.580. The van der Waals surface area contributed by atoms with Crippen LogP contribution in [-0.4, -0.2) is 66.2 Å². The zero-order valence-corrected chi connectivity index (χ0v) is 26.7. The zero-order chi connectivity index (χ0) is 31.6. The summed E-state index contributed by atoms with van der Waals surface area (Å²) in [5.74, 6) is -0.833. The third-order valence-electron chi connectivity index (χ3n) is 5.96. The van der Waals surface area contributed by atoms with Crippen LogP contribution in [0.2, 0.25) is 0 Å². The summed E-state index contributed by atoms with van der Waals surface area (Å²) in [4.78, 5) is 40.9. The first-order valence-electron chi connectivity index (χ1n) is 13.7. The largest absolute Gasteiger partial charge is 0.466 e. The van der Waals surface area contributed by atoms with E-state index in [1.54, 1.807) is 37.6 Å². The van der Waals surface area contributed by atoms with Crippen LogP contribution in [0.4, 0.5) is 5.69 Å². The number of nitrogens with zero attached hydrogens (tertiary/aromatic N) is 3. The molecule has 3 rings (SSSR count). The lowest BCUT2D eigenvalue weighted by atomic mass is 9.97. The maximum Gasteiger partial charge on any atom is 0.336 e. The molecule has 0 spiro atoms. The highest BCUT2D eigenvalue weighted by Crippen LogP contribution is 2.30. The van der Waals surface area contributed by atoms with Crippen LogP contribution in [0, 0.1) is 10.1 Å². The third kappa shape index (κ3) is 12.3. The van der Waals surface area contributed by atoms with Gasteiger partial charge in [-0.2, -0.15) is 0 Å². The standard InChI is InChI=1S/C20H29N3O4S.C6H5NO2.2C2H6/c1-7-28-17(21-5)11-23-9-8-20(4,12-23)27-19(25)16-10-15(18(24)26-6)13(2)22-14(16)3;8-7(9)6-4-2-1-3-5-6;2*1-2/h7,22H,1,8-12H2,2-6H3;1-5H;2*1-2H3/t20-;;;/m1.../s1. The quantitative estimate of drug-likeness (QED) is 0.129. The number of esters is 2. The molecule has 0 unspecified atom stereocenters. The molecule has 1 saturated heterocycles. The Bertz CT molecular complexity index is 1120. The van der Waals surface area contributed by atoms with Crippen LogP contribution in [-0.2, 0) is 19.1 Å². The Kier molecular flexibility index (Phi) is 18.0. The van der Waals surface area contributed by atoms with Gasteiger partial charge in [0, 0.05) is 63.1 Å². The van der Waals surface area contributed by atoms with E-state index in [4.69, 9.17) is 9.47 Å². The van der Waals surface area contributed by atoms with Crippen LogP contribution in [0.3, 0.4) is 0 Å². The van der Waals surface area contributed by atoms with Crippen LogP contribution in [0.5, 0.6) is 0 Å². The minimum absolute atomic E-state index is 0.137. The number of allylic oxidation sites excluding steroid dienone is 2. The molecular formula is C30H46N4O6S. The summed E-state index contributed by atoms with van der Waals surface area (Å²) in [6.45, 7) is 19.4. The van der Waals surface area contributed by atoms with Gasteiger partial charge in [0.05, 0.1) is 28.2 Å². The number of benzene rings is 1. The average molecular weight is 591 g/mol. The van der Waals surface area contributed by atoms with Crippen LogP contribution < -0.4 is 5.32 Å². The molecule has 2 heterocycles. The number of ether oxygens (including phenoxy) is 2. The van der Waals surface area contributed by atoms with E-state index >= 15 is 0 Å². The first-order chi connectivity index (χ1) is 19.5. The van der Waals surface area contributed by atoms with Gasteiger partial charge < -0.3 is 14.8 Å². The molecule has 0 aliphatic carbocycles. The van der Waals surface area contributed by atoms with Gasteiger partial charge in [0.1, 0.15) is 5.60 Å². The maximum atomic E-state index is 12.9. The van der Waals surface area contributed by atoms with E-state index in [0.717, 1.165) is 18.0 Å². The number of likely N-dealkylation sites (tertiary alicyclic amines) is 1. The molecule has 1 aromatic carbocycles. The number of thioether (sulfide) groups is 1. The van der Waals surface area contributed by atoms with Crippen molar-refractivity contribution >= 4 is 34.4 Å². The fraction of sp³-hybridized carbons (Fsp3) is 0.500. The minimum Gasteiger partial charge on any atom is -0.466 e. The van der Waals surface area contributed by atoms with Crippen molar-refractivity contribution in [1.29, 1.82) is 0 Å². The molecule has 1 atom stereocenters. The van der Waals surface area contributed by atoms with Gasteiger partial charge in [0.25, 0.3) is 5.69 Å². The van der Waals surface area contributed by atoms with Gasteiger partial charge in [-0.3, -0.25) is 20.0 Å². The maximum absolute atomic E-state index is 12.9. The Balaban J connectivity index is 0.00000103. The van der Waals surface area contributed by atoms with Crippen molar-refractivity contribution in [1.82, 2.24) is 10.2 Å². The second-order valence-electron chi connectivity index (χ2n) is 8.80. The summed E-state index contributed by atoms with van der Waals surface area (Å²) >= 11 is 1.51. The fourth-order valence-corrected chi connectivity index (χ4v) is 4.53. The summed E-state index contributed by atoms with van der Waals surface area (Å²) < 4.78 is 10.7. The van der Waals surface area contributed by atoms with Crippen molar-refractivity contribution in [3.63, 3.8) is 0 Å². The summed E-state index contributed by atoms with van der Waals surface area (Å²) in [6, 6.07) is 7.93. The molecular weight excluding hydrogens is 544 g/mol. The zero-order valence-electron chi connectivity index (χ0n) is 25.9. The van der Waals surface area contributed by atoms with Crippen molar-refractivity contribution in [3.05, 3.63) is 75.0 Å². The van der Waals surface area contributed by atoms with Crippen molar-refractivity contribution in [2.45, 2.75) is 66.9 Å². The van der Waals surface area contributed by atoms with Crippen LogP contribution in [0.25, 0.3) is 0 Å². The highest BCUT2D eigenvalue weighted by atomic mass is 32.2. The second-order valence-corrected chi connectivity index (χ2v) is 9.84. The lowest BCUT2D eigenvalue weighted by Gasteiger charge is -2.28. The number of rotatable bonds is 7. The van der Waals surface area contributed by atoms with Crippen LogP contribution in [0.1, 0.15) is 61.3 Å². The van der Waals surface area contributed by atoms with Gasteiger partial charge in [-0.05, 0) is 26.2 Å². The number of methoxy groups -OCH3 is 1. The normalized spacial score (nSPS) is 18.3. The highest BCUT2D eigenvalue weighted by Gasteiger charge is 2.39. The van der Waals surface area contributed by atoms with Gasteiger partial charge in [-0.15, -0.1) is 0 Å². The number of carbonyl (C=O) groups is 2. The number of nitro benzene ring substituents is 1. The van der Waals surface area contributed by atoms with E-state index in [-0.39, 0.29) is 12.1 Å². The summed E-state index contributed by atoms with van der Waals surface area (Å²) in [6.07, 6.45) is 0.950. The molecule has 1 N–H and O–H groups in total. The molecule has 1 fully saturated rings. The number of nitrogens with one attached hydrogen (secondary N) is 1. The number of hydrogen-bond acceptors (Lipinski definition) is 10. The van der Waals surface area contributed by atoms with Gasteiger partial charge in [0.2, 0.25) is 0 Å². The number of para-hydroxylation sites is 1. The summed E-state index contributed by atoms with van der Waals surface area (Å²) in [5, 5.41) is 15.8. The molecule has 0 radical (unpaired) electrons. The summed E-state index contributed by atoms with van der Waals surface area (Å²) in [7, 11) is 3.10. The van der Waals surface area contributed by atoms with E-state index in [9.17, 15) is 19.7 Å². The molecule has 0 amide bonds. The van der Waals surface area contributed by atoms with Gasteiger partial charge in [-0.25, -0.2) is 9.59 Å². The first kappa shape index (κ1) is 37.6. The monoisotopic (exact) mass is 590 g/mol. The van der Waals surface area contributed by atoms with E-state index in [2.05, 4.69) is 21.8 Å². The number of hydrogen-bond donors (Lipinski definition) is 1. The van der Waals surface area contributed by atoms with E-state index < -0.39 is 22.5 Å². The van der Waals surface area contributed by atoms with Crippen molar-refractivity contribution in [2.75, 3.05) is 33.8 Å². The van der Waals surface area contributed by atoms with Gasteiger partial charge in [0.15, 0.2) is 0 Å². The molecule has 10 nitrogen and oxygen atoms in total. The molecule has 0 bridgehead atoms. The number of non-ortho nitro benzene ring substituents is 1. The smallest absolute Gasteiger partial charge is 0.336 e. The van der Waals surface area contributed by atoms with E-state index in [1.807, 2.05) is 41.5 Å². The van der Waals surface area contributed by atoms with Crippen LogP contribution in [0.15, 0.2) is 69.9 Å². The Morgan fingerprint density at radius 3 is 2.17 bits per heavy atom. The molecule has 228 valence electrons.